The van der Waals surface area contributed by atoms with Gasteiger partial charge in [0.1, 0.15) is 0 Å². The zero-order valence-electron chi connectivity index (χ0n) is 11.4. The summed E-state index contributed by atoms with van der Waals surface area (Å²) in [4.78, 5) is 2.50. The topological polar surface area (TPSA) is 21.7 Å². The van der Waals surface area contributed by atoms with Crippen LogP contribution >= 0.6 is 11.8 Å². The van der Waals surface area contributed by atoms with Gasteiger partial charge in [-0.3, -0.25) is 4.90 Å². The number of benzene rings is 1. The van der Waals surface area contributed by atoms with Crippen LogP contribution in [0.3, 0.4) is 0 Å². The summed E-state index contributed by atoms with van der Waals surface area (Å²) in [5.74, 6) is 2.87. The van der Waals surface area contributed by atoms with E-state index in [1.807, 2.05) is 11.8 Å². The highest BCUT2D eigenvalue weighted by molar-refractivity contribution is 7.98. The van der Waals surface area contributed by atoms with E-state index in [0.29, 0.717) is 0 Å². The SMILES string of the molecule is COc1cc2c(cc1OC)CN(CCSC)CC2. The van der Waals surface area contributed by atoms with E-state index in [9.17, 15) is 0 Å². The molecule has 0 bridgehead atoms. The molecule has 0 radical (unpaired) electrons. The summed E-state index contributed by atoms with van der Waals surface area (Å²) in [7, 11) is 3.39. The Labute approximate surface area is 113 Å². The summed E-state index contributed by atoms with van der Waals surface area (Å²) in [5, 5.41) is 0. The van der Waals surface area contributed by atoms with E-state index in [1.165, 1.54) is 16.9 Å². The first-order valence-corrected chi connectivity index (χ1v) is 7.63. The Morgan fingerprint density at radius 3 is 2.44 bits per heavy atom. The molecule has 18 heavy (non-hydrogen) atoms. The van der Waals surface area contributed by atoms with Gasteiger partial charge in [-0.05, 0) is 35.9 Å². The van der Waals surface area contributed by atoms with Gasteiger partial charge in [0.2, 0.25) is 0 Å². The van der Waals surface area contributed by atoms with Crippen LogP contribution in [-0.4, -0.2) is 44.2 Å². The number of hydrogen-bond acceptors (Lipinski definition) is 4. The quantitative estimate of drug-likeness (QED) is 0.817. The second-order valence-electron chi connectivity index (χ2n) is 4.49. The Balaban J connectivity index is 2.16. The molecule has 100 valence electrons. The number of thioether (sulfide) groups is 1. The van der Waals surface area contributed by atoms with Gasteiger partial charge in [0.05, 0.1) is 14.2 Å². The summed E-state index contributed by atoms with van der Waals surface area (Å²) in [6.45, 7) is 3.33. The second-order valence-corrected chi connectivity index (χ2v) is 5.48. The van der Waals surface area contributed by atoms with Gasteiger partial charge in [0.15, 0.2) is 11.5 Å². The summed E-state index contributed by atoms with van der Waals surface area (Å²) < 4.78 is 10.7. The van der Waals surface area contributed by atoms with Gasteiger partial charge < -0.3 is 9.47 Å². The van der Waals surface area contributed by atoms with Gasteiger partial charge >= 0.3 is 0 Å². The average molecular weight is 267 g/mol. The molecule has 0 amide bonds. The molecule has 1 aromatic rings. The molecule has 0 atom stereocenters. The van der Waals surface area contributed by atoms with E-state index < -0.39 is 0 Å². The lowest BCUT2D eigenvalue weighted by atomic mass is 9.99. The molecule has 2 rings (SSSR count). The third kappa shape index (κ3) is 2.93. The van der Waals surface area contributed by atoms with Crippen molar-refractivity contribution in [1.29, 1.82) is 0 Å². The molecule has 1 heterocycles. The zero-order valence-corrected chi connectivity index (χ0v) is 12.2. The molecule has 3 nitrogen and oxygen atoms in total. The highest BCUT2D eigenvalue weighted by Gasteiger charge is 2.18. The molecule has 1 aromatic carbocycles. The molecule has 0 saturated carbocycles. The van der Waals surface area contributed by atoms with Crippen LogP contribution in [0.4, 0.5) is 0 Å². The molecule has 0 aromatic heterocycles. The van der Waals surface area contributed by atoms with Crippen molar-refractivity contribution < 1.29 is 9.47 Å². The largest absolute Gasteiger partial charge is 0.493 e. The van der Waals surface area contributed by atoms with Crippen LogP contribution in [0, 0.1) is 0 Å². The van der Waals surface area contributed by atoms with E-state index in [1.54, 1.807) is 14.2 Å². The van der Waals surface area contributed by atoms with Crippen molar-refractivity contribution in [2.75, 3.05) is 39.3 Å². The molecule has 0 aliphatic carbocycles. The fourth-order valence-electron chi connectivity index (χ4n) is 2.35. The van der Waals surface area contributed by atoms with Gasteiger partial charge in [-0.2, -0.15) is 11.8 Å². The Hall–Kier alpha value is -0.870. The summed E-state index contributed by atoms with van der Waals surface area (Å²) in [5.41, 5.74) is 2.77. The maximum atomic E-state index is 5.37. The van der Waals surface area contributed by atoms with Crippen molar-refractivity contribution in [2.24, 2.45) is 0 Å². The van der Waals surface area contributed by atoms with E-state index in [2.05, 4.69) is 23.3 Å². The smallest absolute Gasteiger partial charge is 0.161 e. The Morgan fingerprint density at radius 1 is 1.17 bits per heavy atom. The number of ether oxygens (including phenoxy) is 2. The molecule has 1 aliphatic rings. The second kappa shape index (κ2) is 6.34. The zero-order chi connectivity index (χ0) is 13.0. The van der Waals surface area contributed by atoms with E-state index in [4.69, 9.17) is 9.47 Å². The molecule has 0 N–H and O–H groups in total. The summed E-state index contributed by atoms with van der Waals surface area (Å²) >= 11 is 1.90. The van der Waals surface area contributed by atoms with Crippen LogP contribution in [0.1, 0.15) is 11.1 Å². The lowest BCUT2D eigenvalue weighted by molar-refractivity contribution is 0.268. The number of fused-ring (bicyclic) bond motifs is 1. The molecule has 0 fully saturated rings. The minimum Gasteiger partial charge on any atom is -0.493 e. The van der Waals surface area contributed by atoms with Gasteiger partial charge in [-0.25, -0.2) is 0 Å². The maximum Gasteiger partial charge on any atom is 0.161 e. The molecule has 4 heteroatoms. The van der Waals surface area contributed by atoms with Gasteiger partial charge in [0.25, 0.3) is 0 Å². The van der Waals surface area contributed by atoms with Crippen molar-refractivity contribution in [1.82, 2.24) is 4.90 Å². The van der Waals surface area contributed by atoms with Crippen molar-refractivity contribution in [2.45, 2.75) is 13.0 Å². The maximum absolute atomic E-state index is 5.37. The van der Waals surface area contributed by atoms with Crippen molar-refractivity contribution >= 4 is 11.8 Å². The van der Waals surface area contributed by atoms with Crippen molar-refractivity contribution in [3.05, 3.63) is 23.3 Å². The van der Waals surface area contributed by atoms with Crippen LogP contribution in [0.25, 0.3) is 0 Å². The standard InChI is InChI=1S/C14H21NO2S/c1-16-13-8-11-4-5-15(6-7-18-3)10-12(11)9-14(13)17-2/h8-9H,4-7,10H2,1-3H3. The van der Waals surface area contributed by atoms with Gasteiger partial charge in [0, 0.05) is 25.4 Å². The van der Waals surface area contributed by atoms with Gasteiger partial charge in [-0.1, -0.05) is 0 Å². The third-order valence-corrected chi connectivity index (χ3v) is 4.00. The molecule has 0 saturated heterocycles. The van der Waals surface area contributed by atoms with Crippen molar-refractivity contribution in [3.8, 4) is 11.5 Å². The molecular formula is C14H21NO2S. The number of nitrogens with zero attached hydrogens (tertiary/aromatic N) is 1. The van der Waals surface area contributed by atoms with Crippen LogP contribution in [0.15, 0.2) is 12.1 Å². The first-order chi connectivity index (χ1) is 8.78. The molecule has 1 aliphatic heterocycles. The lowest BCUT2D eigenvalue weighted by Crippen LogP contribution is -2.32. The van der Waals surface area contributed by atoms with Crippen LogP contribution < -0.4 is 9.47 Å². The first-order valence-electron chi connectivity index (χ1n) is 6.23. The fourth-order valence-corrected chi connectivity index (χ4v) is 2.79. The Bertz CT molecular complexity index is 409. The van der Waals surface area contributed by atoms with Crippen molar-refractivity contribution in [3.63, 3.8) is 0 Å². The summed E-state index contributed by atoms with van der Waals surface area (Å²) in [6, 6.07) is 4.25. The monoisotopic (exact) mass is 267 g/mol. The number of methoxy groups -OCH3 is 2. The van der Waals surface area contributed by atoms with E-state index in [0.717, 1.165) is 37.6 Å². The summed E-state index contributed by atoms with van der Waals surface area (Å²) in [6.07, 6.45) is 3.26. The van der Waals surface area contributed by atoms with Crippen LogP contribution in [0.2, 0.25) is 0 Å². The lowest BCUT2D eigenvalue weighted by Gasteiger charge is -2.29. The highest BCUT2D eigenvalue weighted by atomic mass is 32.2. The van der Waals surface area contributed by atoms with Crippen LogP contribution in [-0.2, 0) is 13.0 Å². The molecular weight excluding hydrogens is 246 g/mol. The number of rotatable bonds is 5. The third-order valence-electron chi connectivity index (χ3n) is 3.41. The van der Waals surface area contributed by atoms with Crippen LogP contribution in [0.5, 0.6) is 11.5 Å². The predicted octanol–water partition coefficient (Wildman–Crippen LogP) is 2.42. The van der Waals surface area contributed by atoms with E-state index >= 15 is 0 Å². The number of hydrogen-bond donors (Lipinski definition) is 0. The minimum atomic E-state index is 0.836. The first kappa shape index (κ1) is 13.6. The molecule has 0 spiro atoms. The van der Waals surface area contributed by atoms with E-state index in [-0.39, 0.29) is 0 Å². The van der Waals surface area contributed by atoms with Gasteiger partial charge in [-0.15, -0.1) is 0 Å². The highest BCUT2D eigenvalue weighted by Crippen LogP contribution is 2.33. The Kier molecular flexibility index (Phi) is 4.78. The minimum absolute atomic E-state index is 0.836. The fraction of sp³-hybridized carbons (Fsp3) is 0.571. The molecule has 0 unspecified atom stereocenters. The predicted molar refractivity (Wildman–Crippen MR) is 76.9 cm³/mol. The average Bonchev–Trinajstić information content (AvgIpc) is 2.43. The normalized spacial score (nSPS) is 15.3. The Morgan fingerprint density at radius 2 is 1.83 bits per heavy atom.